The number of rotatable bonds is 10. The van der Waals surface area contributed by atoms with Crippen LogP contribution in [0.5, 0.6) is 0 Å². The molecule has 0 saturated carbocycles. The lowest BCUT2D eigenvalue weighted by molar-refractivity contribution is 0.580. The fourth-order valence-electron chi connectivity index (χ4n) is 1.87. The van der Waals surface area contributed by atoms with E-state index in [1.807, 2.05) is 19.1 Å². The van der Waals surface area contributed by atoms with Gasteiger partial charge in [0.1, 0.15) is 0 Å². The highest BCUT2D eigenvalue weighted by Gasteiger charge is 2.12. The highest BCUT2D eigenvalue weighted by Crippen LogP contribution is 2.11. The first-order valence-corrected chi connectivity index (χ1v) is 8.87. The van der Waals surface area contributed by atoms with E-state index in [-0.39, 0.29) is 0 Å². The Hall–Kier alpha value is -0.910. The second-order valence-electron chi connectivity index (χ2n) is 4.90. The average molecular weight is 298 g/mol. The maximum atomic E-state index is 11.9. The Labute approximate surface area is 123 Å². The van der Waals surface area contributed by atoms with Gasteiger partial charge in [0.2, 0.25) is 10.0 Å². The van der Waals surface area contributed by atoms with Crippen molar-refractivity contribution in [2.45, 2.75) is 44.4 Å². The maximum absolute atomic E-state index is 11.9. The molecule has 0 atom stereocenters. The van der Waals surface area contributed by atoms with Crippen molar-refractivity contribution in [1.29, 1.82) is 0 Å². The molecule has 0 heterocycles. The molecule has 0 aliphatic carbocycles. The molecule has 114 valence electrons. The normalized spacial score (nSPS) is 11.7. The minimum absolute atomic E-state index is 0.346. The number of benzene rings is 1. The zero-order valence-electron chi connectivity index (χ0n) is 12.5. The summed E-state index contributed by atoms with van der Waals surface area (Å²) >= 11 is 0. The highest BCUT2D eigenvalue weighted by molar-refractivity contribution is 7.89. The SMILES string of the molecule is CCCNCCCc1ccc(S(=O)(=O)NCCC)cc1. The predicted molar refractivity (Wildman–Crippen MR) is 83.4 cm³/mol. The molecule has 0 bridgehead atoms. The summed E-state index contributed by atoms with van der Waals surface area (Å²) in [5.41, 5.74) is 1.18. The Morgan fingerprint density at radius 1 is 0.950 bits per heavy atom. The summed E-state index contributed by atoms with van der Waals surface area (Å²) in [5.74, 6) is 0. The number of sulfonamides is 1. The summed E-state index contributed by atoms with van der Waals surface area (Å²) in [7, 11) is -3.33. The van der Waals surface area contributed by atoms with Gasteiger partial charge in [0.15, 0.2) is 0 Å². The fourth-order valence-corrected chi connectivity index (χ4v) is 3.01. The van der Waals surface area contributed by atoms with E-state index in [2.05, 4.69) is 17.0 Å². The van der Waals surface area contributed by atoms with Crippen molar-refractivity contribution < 1.29 is 8.42 Å². The van der Waals surface area contributed by atoms with Crippen LogP contribution in [0.1, 0.15) is 38.7 Å². The van der Waals surface area contributed by atoms with Crippen LogP contribution in [0.3, 0.4) is 0 Å². The van der Waals surface area contributed by atoms with E-state index in [0.717, 1.165) is 38.8 Å². The van der Waals surface area contributed by atoms with Crippen molar-refractivity contribution >= 4 is 10.0 Å². The molecule has 0 aliphatic rings. The first kappa shape index (κ1) is 17.1. The lowest BCUT2D eigenvalue weighted by Gasteiger charge is -2.07. The van der Waals surface area contributed by atoms with Crippen LogP contribution in [-0.4, -0.2) is 28.1 Å². The Kier molecular flexibility index (Phi) is 7.80. The minimum Gasteiger partial charge on any atom is -0.317 e. The third kappa shape index (κ3) is 6.03. The summed E-state index contributed by atoms with van der Waals surface area (Å²) in [6, 6.07) is 7.18. The molecule has 5 heteroatoms. The largest absolute Gasteiger partial charge is 0.317 e. The van der Waals surface area contributed by atoms with Crippen LogP contribution in [-0.2, 0) is 16.4 Å². The quantitative estimate of drug-likeness (QED) is 0.652. The van der Waals surface area contributed by atoms with Gasteiger partial charge in [-0.05, 0) is 56.5 Å². The zero-order chi connectivity index (χ0) is 14.8. The number of hydrogen-bond acceptors (Lipinski definition) is 3. The first-order chi connectivity index (χ1) is 9.60. The van der Waals surface area contributed by atoms with Crippen LogP contribution in [0.15, 0.2) is 29.2 Å². The number of aryl methyl sites for hydroxylation is 1. The Bertz CT molecular complexity index is 469. The molecule has 0 amide bonds. The molecule has 0 spiro atoms. The smallest absolute Gasteiger partial charge is 0.240 e. The molecular formula is C15H26N2O2S. The Balaban J connectivity index is 2.47. The van der Waals surface area contributed by atoms with E-state index >= 15 is 0 Å². The summed E-state index contributed by atoms with van der Waals surface area (Å²) in [5, 5.41) is 3.36. The Morgan fingerprint density at radius 3 is 2.20 bits per heavy atom. The molecule has 2 N–H and O–H groups in total. The van der Waals surface area contributed by atoms with E-state index in [0.29, 0.717) is 11.4 Å². The molecule has 1 rings (SSSR count). The molecule has 4 nitrogen and oxygen atoms in total. The third-order valence-corrected chi connectivity index (χ3v) is 4.50. The molecular weight excluding hydrogens is 272 g/mol. The van der Waals surface area contributed by atoms with E-state index in [4.69, 9.17) is 0 Å². The monoisotopic (exact) mass is 298 g/mol. The predicted octanol–water partition coefficient (Wildman–Crippen LogP) is 2.31. The van der Waals surface area contributed by atoms with Crippen molar-refractivity contribution in [2.24, 2.45) is 0 Å². The summed E-state index contributed by atoms with van der Waals surface area (Å²) in [4.78, 5) is 0.346. The van der Waals surface area contributed by atoms with Crippen molar-refractivity contribution in [3.8, 4) is 0 Å². The average Bonchev–Trinajstić information content (AvgIpc) is 2.45. The van der Waals surface area contributed by atoms with Gasteiger partial charge in [-0.1, -0.05) is 26.0 Å². The first-order valence-electron chi connectivity index (χ1n) is 7.39. The molecule has 0 saturated heterocycles. The second kappa shape index (κ2) is 9.10. The number of nitrogens with one attached hydrogen (secondary N) is 2. The summed E-state index contributed by atoms with van der Waals surface area (Å²) in [6.07, 6.45) is 3.99. The van der Waals surface area contributed by atoms with E-state index in [1.165, 1.54) is 5.56 Å². The standard InChI is InChI=1S/C15H26N2O2S/c1-3-11-16-13-5-6-14-7-9-15(10-8-14)20(18,19)17-12-4-2/h7-10,16-17H,3-6,11-13H2,1-2H3. The van der Waals surface area contributed by atoms with Crippen LogP contribution in [0.4, 0.5) is 0 Å². The number of hydrogen-bond donors (Lipinski definition) is 2. The Morgan fingerprint density at radius 2 is 1.60 bits per heavy atom. The topological polar surface area (TPSA) is 58.2 Å². The van der Waals surface area contributed by atoms with E-state index < -0.39 is 10.0 Å². The van der Waals surface area contributed by atoms with Gasteiger partial charge in [-0.25, -0.2) is 13.1 Å². The molecule has 1 aromatic rings. The second-order valence-corrected chi connectivity index (χ2v) is 6.66. The van der Waals surface area contributed by atoms with Gasteiger partial charge in [-0.3, -0.25) is 0 Å². The van der Waals surface area contributed by atoms with E-state index in [9.17, 15) is 8.42 Å². The fraction of sp³-hybridized carbons (Fsp3) is 0.600. The molecule has 0 radical (unpaired) electrons. The van der Waals surface area contributed by atoms with E-state index in [1.54, 1.807) is 12.1 Å². The van der Waals surface area contributed by atoms with Gasteiger partial charge < -0.3 is 5.32 Å². The van der Waals surface area contributed by atoms with Gasteiger partial charge in [-0.2, -0.15) is 0 Å². The molecule has 0 unspecified atom stereocenters. The molecule has 0 fully saturated rings. The van der Waals surface area contributed by atoms with Crippen LogP contribution in [0.25, 0.3) is 0 Å². The van der Waals surface area contributed by atoms with Crippen LogP contribution >= 0.6 is 0 Å². The van der Waals surface area contributed by atoms with Crippen molar-refractivity contribution in [2.75, 3.05) is 19.6 Å². The van der Waals surface area contributed by atoms with Gasteiger partial charge in [0.05, 0.1) is 4.90 Å². The molecule has 0 aromatic heterocycles. The summed E-state index contributed by atoms with van der Waals surface area (Å²) in [6.45, 7) is 6.64. The van der Waals surface area contributed by atoms with Crippen LogP contribution < -0.4 is 10.0 Å². The van der Waals surface area contributed by atoms with Crippen LogP contribution in [0.2, 0.25) is 0 Å². The highest BCUT2D eigenvalue weighted by atomic mass is 32.2. The van der Waals surface area contributed by atoms with Crippen LogP contribution in [0, 0.1) is 0 Å². The van der Waals surface area contributed by atoms with Gasteiger partial charge >= 0.3 is 0 Å². The van der Waals surface area contributed by atoms with Gasteiger partial charge in [0.25, 0.3) is 0 Å². The molecule has 1 aromatic carbocycles. The maximum Gasteiger partial charge on any atom is 0.240 e. The molecule has 0 aliphatic heterocycles. The summed E-state index contributed by atoms with van der Waals surface area (Å²) < 4.78 is 26.4. The minimum atomic E-state index is -3.33. The third-order valence-electron chi connectivity index (χ3n) is 3.02. The van der Waals surface area contributed by atoms with Crippen molar-refractivity contribution in [3.05, 3.63) is 29.8 Å². The lowest BCUT2D eigenvalue weighted by atomic mass is 10.1. The van der Waals surface area contributed by atoms with Gasteiger partial charge in [0, 0.05) is 6.54 Å². The van der Waals surface area contributed by atoms with Crippen molar-refractivity contribution in [3.63, 3.8) is 0 Å². The molecule has 20 heavy (non-hydrogen) atoms. The lowest BCUT2D eigenvalue weighted by Crippen LogP contribution is -2.24. The van der Waals surface area contributed by atoms with Gasteiger partial charge in [-0.15, -0.1) is 0 Å². The zero-order valence-corrected chi connectivity index (χ0v) is 13.3. The van der Waals surface area contributed by atoms with Crippen molar-refractivity contribution in [1.82, 2.24) is 10.0 Å².